The number of aliphatic hydroxyl groups is 1. The molecule has 3 aromatic rings. The number of nitrogens with one attached hydrogen (secondary N) is 2. The maximum absolute atomic E-state index is 9.66. The van der Waals surface area contributed by atoms with E-state index in [0.29, 0.717) is 11.9 Å². The zero-order chi connectivity index (χ0) is 16.5. The van der Waals surface area contributed by atoms with Crippen LogP contribution in [0.1, 0.15) is 25.7 Å². The van der Waals surface area contributed by atoms with Gasteiger partial charge in [-0.15, -0.1) is 0 Å². The Hall–Kier alpha value is -2.60. The van der Waals surface area contributed by atoms with Crippen LogP contribution < -0.4 is 11.1 Å². The number of anilines is 2. The minimum Gasteiger partial charge on any atom is -0.393 e. The third kappa shape index (κ3) is 2.92. The van der Waals surface area contributed by atoms with Crippen molar-refractivity contribution < 1.29 is 5.11 Å². The summed E-state index contributed by atoms with van der Waals surface area (Å²) in [7, 11) is 0. The van der Waals surface area contributed by atoms with Crippen molar-refractivity contribution in [3.05, 3.63) is 36.5 Å². The lowest BCUT2D eigenvalue weighted by Gasteiger charge is -2.27. The number of benzene rings is 1. The number of nitrogens with two attached hydrogens (primary N) is 1. The van der Waals surface area contributed by atoms with Gasteiger partial charge in [0.25, 0.3) is 0 Å². The molecule has 1 fully saturated rings. The van der Waals surface area contributed by atoms with Crippen LogP contribution in [-0.4, -0.2) is 32.4 Å². The average Bonchev–Trinajstić information content (AvgIpc) is 3.11. The summed E-state index contributed by atoms with van der Waals surface area (Å²) in [5.41, 5.74) is 9.87. The van der Waals surface area contributed by atoms with Crippen molar-refractivity contribution in [2.24, 2.45) is 0 Å². The summed E-state index contributed by atoms with van der Waals surface area (Å²) in [5, 5.41) is 21.3. The minimum atomic E-state index is -0.153. The van der Waals surface area contributed by atoms with Gasteiger partial charge in [-0.1, -0.05) is 12.1 Å². The van der Waals surface area contributed by atoms with Crippen molar-refractivity contribution in [2.75, 3.05) is 11.1 Å². The summed E-state index contributed by atoms with van der Waals surface area (Å²) >= 11 is 0. The van der Waals surface area contributed by atoms with Gasteiger partial charge in [0, 0.05) is 34.9 Å². The molecule has 2 heterocycles. The van der Waals surface area contributed by atoms with Gasteiger partial charge < -0.3 is 16.2 Å². The lowest BCUT2D eigenvalue weighted by molar-refractivity contribution is 0.126. The van der Waals surface area contributed by atoms with Gasteiger partial charge in [0.1, 0.15) is 5.82 Å². The third-order valence-electron chi connectivity index (χ3n) is 4.70. The molecule has 0 bridgehead atoms. The number of hydrogen-bond acceptors (Lipinski definition) is 5. The molecule has 0 spiro atoms. The predicted molar refractivity (Wildman–Crippen MR) is 95.6 cm³/mol. The molecule has 0 saturated heterocycles. The zero-order valence-corrected chi connectivity index (χ0v) is 13.4. The molecule has 0 unspecified atom stereocenters. The highest BCUT2D eigenvalue weighted by Gasteiger charge is 2.20. The first-order valence-corrected chi connectivity index (χ1v) is 8.33. The second-order valence-electron chi connectivity index (χ2n) is 6.45. The van der Waals surface area contributed by atoms with Gasteiger partial charge in [-0.2, -0.15) is 5.10 Å². The quantitative estimate of drug-likeness (QED) is 0.594. The molecule has 1 aliphatic carbocycles. The first-order chi connectivity index (χ1) is 11.7. The molecule has 24 heavy (non-hydrogen) atoms. The van der Waals surface area contributed by atoms with Crippen molar-refractivity contribution in [2.45, 2.75) is 37.8 Å². The van der Waals surface area contributed by atoms with E-state index in [1.165, 1.54) is 0 Å². The lowest BCUT2D eigenvalue weighted by atomic mass is 9.93. The normalized spacial score (nSPS) is 21.0. The summed E-state index contributed by atoms with van der Waals surface area (Å²) in [6.07, 6.45) is 5.21. The first kappa shape index (κ1) is 15.0. The van der Waals surface area contributed by atoms with E-state index in [0.717, 1.165) is 53.5 Å². The van der Waals surface area contributed by atoms with Crippen molar-refractivity contribution in [1.82, 2.24) is 15.2 Å². The molecular formula is C18H21N5O. The number of aromatic nitrogens is 3. The number of nitrogens with zero attached hydrogens (tertiary/aromatic N) is 2. The van der Waals surface area contributed by atoms with Crippen LogP contribution in [0.2, 0.25) is 0 Å². The molecule has 6 nitrogen and oxygen atoms in total. The molecule has 0 amide bonds. The molecule has 1 aromatic carbocycles. The van der Waals surface area contributed by atoms with Gasteiger partial charge >= 0.3 is 0 Å². The van der Waals surface area contributed by atoms with Crippen molar-refractivity contribution in [1.29, 1.82) is 0 Å². The van der Waals surface area contributed by atoms with E-state index in [1.54, 1.807) is 6.20 Å². The maximum atomic E-state index is 9.66. The number of nitrogen functional groups attached to an aromatic ring is 1. The molecule has 1 saturated carbocycles. The lowest BCUT2D eigenvalue weighted by Crippen LogP contribution is -2.28. The molecule has 0 atom stereocenters. The summed E-state index contributed by atoms with van der Waals surface area (Å²) < 4.78 is 0. The van der Waals surface area contributed by atoms with Gasteiger partial charge in [-0.3, -0.25) is 5.10 Å². The fourth-order valence-corrected chi connectivity index (χ4v) is 3.39. The molecule has 0 radical (unpaired) electrons. The molecule has 0 aliphatic heterocycles. The standard InChI is InChI=1S/C18H21N5O/c19-18-10-17(21-12-2-4-13(24)5-3-12)14-6-1-11(9-16(14)22-18)15-7-8-20-23-15/h1,6-10,12-13,24H,2-5H2,(H,20,23)(H3,19,21,22). The highest BCUT2D eigenvalue weighted by Crippen LogP contribution is 2.30. The molecular weight excluding hydrogens is 302 g/mol. The van der Waals surface area contributed by atoms with Crippen LogP contribution in [0.5, 0.6) is 0 Å². The van der Waals surface area contributed by atoms with Crippen LogP contribution in [-0.2, 0) is 0 Å². The summed E-state index contributed by atoms with van der Waals surface area (Å²) in [6, 6.07) is 10.3. The number of aromatic amines is 1. The molecule has 5 N–H and O–H groups in total. The maximum Gasteiger partial charge on any atom is 0.126 e. The van der Waals surface area contributed by atoms with Crippen LogP contribution in [0.25, 0.3) is 22.2 Å². The molecule has 124 valence electrons. The number of pyridine rings is 1. The first-order valence-electron chi connectivity index (χ1n) is 8.33. The summed E-state index contributed by atoms with van der Waals surface area (Å²) in [4.78, 5) is 4.48. The highest BCUT2D eigenvalue weighted by atomic mass is 16.3. The predicted octanol–water partition coefficient (Wildman–Crippen LogP) is 2.92. The topological polar surface area (TPSA) is 99.9 Å². The SMILES string of the molecule is Nc1cc(NC2CCC(O)CC2)c2ccc(-c3ccn[nH]3)cc2n1. The summed E-state index contributed by atoms with van der Waals surface area (Å²) in [5.74, 6) is 0.502. The number of fused-ring (bicyclic) bond motifs is 1. The van der Waals surface area contributed by atoms with Crippen molar-refractivity contribution in [3.63, 3.8) is 0 Å². The molecule has 1 aliphatic rings. The summed E-state index contributed by atoms with van der Waals surface area (Å²) in [6.45, 7) is 0. The Morgan fingerprint density at radius 1 is 1.12 bits per heavy atom. The number of H-pyrrole nitrogens is 1. The van der Waals surface area contributed by atoms with Gasteiger partial charge in [-0.05, 0) is 37.8 Å². The Balaban J connectivity index is 1.68. The van der Waals surface area contributed by atoms with E-state index in [4.69, 9.17) is 5.73 Å². The van der Waals surface area contributed by atoms with E-state index in [2.05, 4.69) is 32.6 Å². The van der Waals surface area contributed by atoms with Crippen LogP contribution in [0.15, 0.2) is 36.5 Å². The number of hydrogen-bond donors (Lipinski definition) is 4. The van der Waals surface area contributed by atoms with E-state index in [1.807, 2.05) is 18.2 Å². The van der Waals surface area contributed by atoms with Gasteiger partial charge in [-0.25, -0.2) is 4.98 Å². The number of rotatable bonds is 3. The second kappa shape index (κ2) is 6.13. The molecule has 2 aromatic heterocycles. The smallest absolute Gasteiger partial charge is 0.126 e. The minimum absolute atomic E-state index is 0.153. The number of aliphatic hydroxyl groups excluding tert-OH is 1. The van der Waals surface area contributed by atoms with Crippen LogP contribution in [0.3, 0.4) is 0 Å². The Labute approximate surface area is 140 Å². The second-order valence-corrected chi connectivity index (χ2v) is 6.45. The van der Waals surface area contributed by atoms with Crippen LogP contribution in [0.4, 0.5) is 11.5 Å². The van der Waals surface area contributed by atoms with Crippen LogP contribution in [0, 0.1) is 0 Å². The average molecular weight is 323 g/mol. The van der Waals surface area contributed by atoms with Crippen LogP contribution >= 0.6 is 0 Å². The van der Waals surface area contributed by atoms with Gasteiger partial charge in [0.05, 0.1) is 17.3 Å². The fraction of sp³-hybridized carbons (Fsp3) is 0.333. The molecule has 4 rings (SSSR count). The van der Waals surface area contributed by atoms with E-state index in [-0.39, 0.29) is 6.10 Å². The van der Waals surface area contributed by atoms with Crippen molar-refractivity contribution >= 4 is 22.4 Å². The van der Waals surface area contributed by atoms with E-state index in [9.17, 15) is 5.11 Å². The highest BCUT2D eigenvalue weighted by molar-refractivity contribution is 5.95. The zero-order valence-electron chi connectivity index (χ0n) is 13.4. The monoisotopic (exact) mass is 323 g/mol. The van der Waals surface area contributed by atoms with Crippen molar-refractivity contribution in [3.8, 4) is 11.3 Å². The fourth-order valence-electron chi connectivity index (χ4n) is 3.39. The Bertz CT molecular complexity index is 838. The van der Waals surface area contributed by atoms with E-state index < -0.39 is 0 Å². The Morgan fingerprint density at radius 2 is 1.96 bits per heavy atom. The molecule has 6 heteroatoms. The Kier molecular flexibility index (Phi) is 3.82. The van der Waals surface area contributed by atoms with Gasteiger partial charge in [0.15, 0.2) is 0 Å². The third-order valence-corrected chi connectivity index (χ3v) is 4.70. The van der Waals surface area contributed by atoms with Gasteiger partial charge in [0.2, 0.25) is 0 Å². The Morgan fingerprint density at radius 3 is 2.71 bits per heavy atom. The van der Waals surface area contributed by atoms with E-state index >= 15 is 0 Å². The largest absolute Gasteiger partial charge is 0.393 e.